The predicted molar refractivity (Wildman–Crippen MR) is 52.3 cm³/mol. The Bertz CT molecular complexity index is 132. The largest absolute Gasteiger partial charge is 0.301 e. The summed E-state index contributed by atoms with van der Waals surface area (Å²) in [6.07, 6.45) is 1.73. The van der Waals surface area contributed by atoms with Crippen LogP contribution in [0.15, 0.2) is 0 Å². The van der Waals surface area contributed by atoms with Crippen molar-refractivity contribution in [1.29, 1.82) is 0 Å². The normalized spacial score (nSPS) is 11.2. The molecule has 0 radical (unpaired) electrons. The molecule has 0 spiro atoms. The average Bonchev–Trinajstić information content (AvgIpc) is 1.96. The van der Waals surface area contributed by atoms with Crippen molar-refractivity contribution in [3.8, 4) is 0 Å². The zero-order valence-corrected chi connectivity index (χ0v) is 8.76. The van der Waals surface area contributed by atoms with Crippen molar-refractivity contribution in [3.63, 3.8) is 0 Å². The number of rotatable bonds is 6. The quantitative estimate of drug-likeness (QED) is 0.610. The van der Waals surface area contributed by atoms with E-state index >= 15 is 0 Å². The van der Waals surface area contributed by atoms with Gasteiger partial charge in [0, 0.05) is 12.5 Å². The summed E-state index contributed by atoms with van der Waals surface area (Å²) in [7, 11) is 0. The lowest BCUT2D eigenvalue weighted by Crippen LogP contribution is -2.31. The maximum atomic E-state index is 10.7. The van der Waals surface area contributed by atoms with E-state index in [1.807, 2.05) is 0 Å². The van der Waals surface area contributed by atoms with E-state index in [0.717, 1.165) is 25.9 Å². The van der Waals surface area contributed by atoms with Gasteiger partial charge in [-0.3, -0.25) is 0 Å². The van der Waals surface area contributed by atoms with Gasteiger partial charge < -0.3 is 9.69 Å². The monoisotopic (exact) mass is 171 g/mol. The summed E-state index contributed by atoms with van der Waals surface area (Å²) in [5.41, 5.74) is 0. The maximum absolute atomic E-state index is 10.7. The predicted octanol–water partition coefficient (Wildman–Crippen LogP) is 2.09. The number of carbonyl (C=O) groups excluding carboxylic acids is 1. The van der Waals surface area contributed by atoms with E-state index in [9.17, 15) is 4.79 Å². The molecule has 0 aliphatic heterocycles. The van der Waals surface area contributed by atoms with Crippen LogP contribution in [-0.4, -0.2) is 29.8 Å². The SMILES string of the molecule is CCN(CCCC(C)=O)C(C)C. The smallest absolute Gasteiger partial charge is 0.129 e. The Hall–Kier alpha value is -0.370. The van der Waals surface area contributed by atoms with Gasteiger partial charge in [-0.05, 0) is 40.3 Å². The molecule has 0 aliphatic carbocycles. The van der Waals surface area contributed by atoms with Crippen LogP contribution in [0.2, 0.25) is 0 Å². The highest BCUT2D eigenvalue weighted by Crippen LogP contribution is 2.00. The van der Waals surface area contributed by atoms with Crippen molar-refractivity contribution >= 4 is 5.78 Å². The van der Waals surface area contributed by atoms with Crippen LogP contribution in [0.25, 0.3) is 0 Å². The van der Waals surface area contributed by atoms with Crippen molar-refractivity contribution < 1.29 is 4.79 Å². The minimum absolute atomic E-state index is 0.301. The molecule has 0 heterocycles. The van der Waals surface area contributed by atoms with Crippen LogP contribution >= 0.6 is 0 Å². The minimum atomic E-state index is 0.301. The molecule has 0 rings (SSSR count). The summed E-state index contributed by atoms with van der Waals surface area (Å²) in [4.78, 5) is 13.0. The lowest BCUT2D eigenvalue weighted by molar-refractivity contribution is -0.117. The first kappa shape index (κ1) is 11.6. The highest BCUT2D eigenvalue weighted by Gasteiger charge is 2.05. The third-order valence-electron chi connectivity index (χ3n) is 2.11. The third kappa shape index (κ3) is 5.30. The van der Waals surface area contributed by atoms with E-state index in [0.29, 0.717) is 11.8 Å². The fraction of sp³-hybridized carbons (Fsp3) is 0.900. The van der Waals surface area contributed by atoms with E-state index < -0.39 is 0 Å². The molecule has 0 atom stereocenters. The highest BCUT2D eigenvalue weighted by molar-refractivity contribution is 5.75. The number of Topliss-reactive ketones (excluding diaryl/α,β-unsaturated/α-hetero) is 1. The molecule has 2 nitrogen and oxygen atoms in total. The van der Waals surface area contributed by atoms with Gasteiger partial charge in [0.1, 0.15) is 5.78 Å². The van der Waals surface area contributed by atoms with Crippen LogP contribution in [0.1, 0.15) is 40.5 Å². The van der Waals surface area contributed by atoms with Gasteiger partial charge in [0.25, 0.3) is 0 Å². The highest BCUT2D eigenvalue weighted by atomic mass is 16.1. The van der Waals surface area contributed by atoms with E-state index in [1.54, 1.807) is 6.92 Å². The van der Waals surface area contributed by atoms with E-state index in [1.165, 1.54) is 0 Å². The molecule has 0 fully saturated rings. The summed E-state index contributed by atoms with van der Waals surface area (Å²) < 4.78 is 0. The Kier molecular flexibility index (Phi) is 5.99. The molecule has 0 unspecified atom stereocenters. The second-order valence-electron chi connectivity index (χ2n) is 3.53. The van der Waals surface area contributed by atoms with Crippen molar-refractivity contribution in [3.05, 3.63) is 0 Å². The zero-order chi connectivity index (χ0) is 9.56. The van der Waals surface area contributed by atoms with Crippen LogP contribution in [0.4, 0.5) is 0 Å². The van der Waals surface area contributed by atoms with E-state index in [-0.39, 0.29) is 0 Å². The van der Waals surface area contributed by atoms with Gasteiger partial charge in [-0.1, -0.05) is 6.92 Å². The second kappa shape index (κ2) is 6.18. The number of carbonyl (C=O) groups is 1. The number of hydrogen-bond donors (Lipinski definition) is 0. The third-order valence-corrected chi connectivity index (χ3v) is 2.11. The van der Waals surface area contributed by atoms with Crippen LogP contribution < -0.4 is 0 Å². The first-order chi connectivity index (χ1) is 5.57. The number of nitrogens with zero attached hydrogens (tertiary/aromatic N) is 1. The Morgan fingerprint density at radius 1 is 1.42 bits per heavy atom. The lowest BCUT2D eigenvalue weighted by Gasteiger charge is -2.24. The van der Waals surface area contributed by atoms with E-state index in [2.05, 4.69) is 25.7 Å². The van der Waals surface area contributed by atoms with Gasteiger partial charge >= 0.3 is 0 Å². The van der Waals surface area contributed by atoms with Crippen molar-refractivity contribution in [1.82, 2.24) is 4.90 Å². The zero-order valence-electron chi connectivity index (χ0n) is 8.76. The molecular formula is C10H21NO. The first-order valence-electron chi connectivity index (χ1n) is 4.81. The van der Waals surface area contributed by atoms with Gasteiger partial charge in [0.2, 0.25) is 0 Å². The standard InChI is InChI=1S/C10H21NO/c1-5-11(9(2)3)8-6-7-10(4)12/h9H,5-8H2,1-4H3. The number of hydrogen-bond acceptors (Lipinski definition) is 2. The molecule has 0 saturated carbocycles. The minimum Gasteiger partial charge on any atom is -0.301 e. The van der Waals surface area contributed by atoms with Crippen molar-refractivity contribution in [2.75, 3.05) is 13.1 Å². The number of ketones is 1. The topological polar surface area (TPSA) is 20.3 Å². The van der Waals surface area contributed by atoms with Crippen LogP contribution in [0.5, 0.6) is 0 Å². The van der Waals surface area contributed by atoms with Gasteiger partial charge in [-0.25, -0.2) is 0 Å². The summed E-state index contributed by atoms with van der Waals surface area (Å²) in [5.74, 6) is 0.301. The van der Waals surface area contributed by atoms with E-state index in [4.69, 9.17) is 0 Å². The van der Waals surface area contributed by atoms with Crippen molar-refractivity contribution in [2.24, 2.45) is 0 Å². The maximum Gasteiger partial charge on any atom is 0.129 e. The van der Waals surface area contributed by atoms with Crippen LogP contribution in [0.3, 0.4) is 0 Å². The van der Waals surface area contributed by atoms with Gasteiger partial charge in [0.05, 0.1) is 0 Å². The molecule has 12 heavy (non-hydrogen) atoms. The Morgan fingerprint density at radius 3 is 2.33 bits per heavy atom. The molecular weight excluding hydrogens is 150 g/mol. The molecule has 0 saturated heterocycles. The molecule has 0 amide bonds. The summed E-state index contributed by atoms with van der Waals surface area (Å²) >= 11 is 0. The molecule has 72 valence electrons. The van der Waals surface area contributed by atoms with Gasteiger partial charge in [0.15, 0.2) is 0 Å². The summed E-state index contributed by atoms with van der Waals surface area (Å²) in [6.45, 7) is 10.3. The summed E-state index contributed by atoms with van der Waals surface area (Å²) in [6, 6.07) is 0.599. The molecule has 0 bridgehead atoms. The van der Waals surface area contributed by atoms with Crippen LogP contribution in [0, 0.1) is 0 Å². The molecule has 0 aliphatic rings. The first-order valence-corrected chi connectivity index (χ1v) is 4.81. The Morgan fingerprint density at radius 2 is 2.00 bits per heavy atom. The fourth-order valence-electron chi connectivity index (χ4n) is 1.31. The molecule has 0 aromatic carbocycles. The Labute approximate surface area is 75.9 Å². The summed E-state index contributed by atoms with van der Waals surface area (Å²) in [5, 5.41) is 0. The van der Waals surface area contributed by atoms with Gasteiger partial charge in [-0.2, -0.15) is 0 Å². The average molecular weight is 171 g/mol. The fourth-order valence-corrected chi connectivity index (χ4v) is 1.31. The molecule has 2 heteroatoms. The molecule has 0 aromatic rings. The second-order valence-corrected chi connectivity index (χ2v) is 3.53. The van der Waals surface area contributed by atoms with Crippen LogP contribution in [-0.2, 0) is 4.79 Å². The van der Waals surface area contributed by atoms with Crippen molar-refractivity contribution in [2.45, 2.75) is 46.6 Å². The Balaban J connectivity index is 3.51. The lowest BCUT2D eigenvalue weighted by atomic mass is 10.2. The molecule has 0 N–H and O–H groups in total. The van der Waals surface area contributed by atoms with Gasteiger partial charge in [-0.15, -0.1) is 0 Å². The molecule has 0 aromatic heterocycles.